The molecule has 2 aromatic carbocycles. The molecule has 4 rings (SSSR count). The van der Waals surface area contributed by atoms with Crippen molar-refractivity contribution in [2.45, 2.75) is 24.9 Å². The van der Waals surface area contributed by atoms with Crippen LogP contribution in [0.25, 0.3) is 0 Å². The average molecular weight is 322 g/mol. The molecule has 0 bridgehead atoms. The molecule has 0 radical (unpaired) electrons. The van der Waals surface area contributed by atoms with Crippen LogP contribution in [0.4, 0.5) is 0 Å². The van der Waals surface area contributed by atoms with Gasteiger partial charge in [-0.3, -0.25) is 9.59 Å². The summed E-state index contributed by atoms with van der Waals surface area (Å²) in [4.78, 5) is 36.7. The SMILES string of the molecule is O=C1c2ccccc2C(=O)c2cc3c(cc21)CC[C@](O)(C(=O)O)C3. The summed E-state index contributed by atoms with van der Waals surface area (Å²) in [6.07, 6.45) is 0.384. The number of fused-ring (bicyclic) bond motifs is 3. The number of ketones is 2. The molecular weight excluding hydrogens is 308 g/mol. The van der Waals surface area contributed by atoms with E-state index in [2.05, 4.69) is 0 Å². The van der Waals surface area contributed by atoms with Gasteiger partial charge in [-0.2, -0.15) is 0 Å². The first kappa shape index (κ1) is 14.8. The van der Waals surface area contributed by atoms with E-state index in [0.717, 1.165) is 5.56 Å². The first-order valence-corrected chi connectivity index (χ1v) is 7.71. The quantitative estimate of drug-likeness (QED) is 0.712. The van der Waals surface area contributed by atoms with E-state index < -0.39 is 11.6 Å². The van der Waals surface area contributed by atoms with Crippen molar-refractivity contribution in [2.75, 3.05) is 0 Å². The Kier molecular flexibility index (Phi) is 2.99. The third kappa shape index (κ3) is 1.95. The van der Waals surface area contributed by atoms with Crippen molar-refractivity contribution in [1.82, 2.24) is 0 Å². The molecule has 0 spiro atoms. The minimum absolute atomic E-state index is 0.0614. The number of rotatable bonds is 1. The number of carboxylic acid groups (broad SMARTS) is 1. The van der Waals surface area contributed by atoms with Crippen LogP contribution in [-0.4, -0.2) is 33.3 Å². The van der Waals surface area contributed by atoms with Crippen molar-refractivity contribution in [1.29, 1.82) is 0 Å². The Labute approximate surface area is 137 Å². The van der Waals surface area contributed by atoms with Gasteiger partial charge >= 0.3 is 5.97 Å². The molecule has 2 aliphatic carbocycles. The zero-order valence-electron chi connectivity index (χ0n) is 12.7. The van der Waals surface area contributed by atoms with Crippen molar-refractivity contribution >= 4 is 17.5 Å². The lowest BCUT2D eigenvalue weighted by Crippen LogP contribution is -2.44. The Bertz CT molecular complexity index is 927. The molecule has 0 saturated heterocycles. The molecule has 5 nitrogen and oxygen atoms in total. The van der Waals surface area contributed by atoms with Gasteiger partial charge in [0.15, 0.2) is 17.2 Å². The van der Waals surface area contributed by atoms with E-state index in [1.54, 1.807) is 36.4 Å². The number of aliphatic hydroxyl groups is 1. The van der Waals surface area contributed by atoms with Gasteiger partial charge < -0.3 is 10.2 Å². The van der Waals surface area contributed by atoms with Crippen molar-refractivity contribution in [2.24, 2.45) is 0 Å². The standard InChI is InChI=1S/C19H14O5/c20-16-12-3-1-2-4-13(12)17(21)15-8-11-9-19(24,18(22)23)6-5-10(11)7-14(15)16/h1-4,7-8,24H,5-6,9H2,(H,22,23)/t19-/m1/s1. The van der Waals surface area contributed by atoms with Crippen molar-refractivity contribution in [3.05, 3.63) is 69.8 Å². The average Bonchev–Trinajstić information content (AvgIpc) is 2.58. The molecule has 0 aromatic heterocycles. The highest BCUT2D eigenvalue weighted by Crippen LogP contribution is 2.35. The number of aliphatic carboxylic acids is 1. The zero-order valence-corrected chi connectivity index (χ0v) is 12.7. The lowest BCUT2D eigenvalue weighted by atomic mass is 9.76. The second-order valence-electron chi connectivity index (χ2n) is 6.38. The highest BCUT2D eigenvalue weighted by atomic mass is 16.4. The molecule has 0 saturated carbocycles. The van der Waals surface area contributed by atoms with Gasteiger partial charge in [-0.1, -0.05) is 24.3 Å². The summed E-state index contributed by atoms with van der Waals surface area (Å²) < 4.78 is 0. The predicted molar refractivity (Wildman–Crippen MR) is 84.4 cm³/mol. The van der Waals surface area contributed by atoms with Crippen LogP contribution in [0.1, 0.15) is 49.4 Å². The van der Waals surface area contributed by atoms with E-state index in [0.29, 0.717) is 28.7 Å². The van der Waals surface area contributed by atoms with Gasteiger partial charge in [0.25, 0.3) is 0 Å². The second-order valence-corrected chi connectivity index (χ2v) is 6.38. The Morgan fingerprint density at radius 1 is 0.917 bits per heavy atom. The first-order valence-electron chi connectivity index (χ1n) is 7.71. The Morgan fingerprint density at radius 2 is 1.46 bits per heavy atom. The van der Waals surface area contributed by atoms with Crippen LogP contribution in [0.15, 0.2) is 36.4 Å². The maximum absolute atomic E-state index is 12.7. The van der Waals surface area contributed by atoms with Crippen molar-refractivity contribution in [3.63, 3.8) is 0 Å². The molecule has 2 aliphatic rings. The van der Waals surface area contributed by atoms with E-state index in [9.17, 15) is 24.6 Å². The summed E-state index contributed by atoms with van der Waals surface area (Å²) in [5.41, 5.74) is 1.02. The number of carbonyl (C=O) groups excluding carboxylic acids is 2. The molecule has 5 heteroatoms. The number of hydrogen-bond donors (Lipinski definition) is 2. The fourth-order valence-corrected chi connectivity index (χ4v) is 3.56. The predicted octanol–water partition coefficient (Wildman–Crippen LogP) is 1.77. The fraction of sp³-hybridized carbons (Fsp3) is 0.211. The summed E-state index contributed by atoms with van der Waals surface area (Å²) in [7, 11) is 0. The number of carbonyl (C=O) groups is 3. The number of benzene rings is 2. The summed E-state index contributed by atoms with van der Waals surface area (Å²) in [6.45, 7) is 0. The molecule has 1 atom stereocenters. The summed E-state index contributed by atoms with van der Waals surface area (Å²) in [5, 5.41) is 19.4. The van der Waals surface area contributed by atoms with Crippen LogP contribution in [0, 0.1) is 0 Å². The Morgan fingerprint density at radius 3 is 2.00 bits per heavy atom. The summed E-state index contributed by atoms with van der Waals surface area (Å²) in [6, 6.07) is 9.94. The topological polar surface area (TPSA) is 91.7 Å². The van der Waals surface area contributed by atoms with E-state index in [1.807, 2.05) is 0 Å². The highest BCUT2D eigenvalue weighted by molar-refractivity contribution is 6.28. The summed E-state index contributed by atoms with van der Waals surface area (Å²) in [5.74, 6) is -1.70. The minimum atomic E-state index is -1.82. The van der Waals surface area contributed by atoms with Gasteiger partial charge in [0.1, 0.15) is 0 Å². The van der Waals surface area contributed by atoms with Gasteiger partial charge in [-0.25, -0.2) is 4.79 Å². The molecule has 0 fully saturated rings. The Hall–Kier alpha value is -2.79. The minimum Gasteiger partial charge on any atom is -0.479 e. The van der Waals surface area contributed by atoms with Crippen LogP contribution in [-0.2, 0) is 17.6 Å². The van der Waals surface area contributed by atoms with Crippen LogP contribution >= 0.6 is 0 Å². The third-order valence-corrected chi connectivity index (χ3v) is 4.93. The normalized spacial score (nSPS) is 21.7. The largest absolute Gasteiger partial charge is 0.479 e. The molecule has 120 valence electrons. The molecule has 24 heavy (non-hydrogen) atoms. The maximum atomic E-state index is 12.7. The van der Waals surface area contributed by atoms with Crippen molar-refractivity contribution < 1.29 is 24.6 Å². The molecule has 2 aromatic rings. The molecule has 0 aliphatic heterocycles. The third-order valence-electron chi connectivity index (χ3n) is 4.93. The van der Waals surface area contributed by atoms with Crippen molar-refractivity contribution in [3.8, 4) is 0 Å². The van der Waals surface area contributed by atoms with Gasteiger partial charge in [-0.05, 0) is 36.1 Å². The van der Waals surface area contributed by atoms with E-state index in [4.69, 9.17) is 0 Å². The van der Waals surface area contributed by atoms with Crippen LogP contribution in [0.2, 0.25) is 0 Å². The first-order chi connectivity index (χ1) is 11.4. The van der Waals surface area contributed by atoms with Crippen LogP contribution in [0.5, 0.6) is 0 Å². The molecule has 0 unspecified atom stereocenters. The van der Waals surface area contributed by atoms with Crippen LogP contribution in [0.3, 0.4) is 0 Å². The molecule has 0 amide bonds. The monoisotopic (exact) mass is 322 g/mol. The number of aryl methyl sites for hydroxylation is 1. The fourth-order valence-electron chi connectivity index (χ4n) is 3.56. The lowest BCUT2D eigenvalue weighted by molar-refractivity contribution is -0.159. The van der Waals surface area contributed by atoms with E-state index >= 15 is 0 Å². The van der Waals surface area contributed by atoms with E-state index in [-0.39, 0.29) is 30.0 Å². The van der Waals surface area contributed by atoms with Gasteiger partial charge in [-0.15, -0.1) is 0 Å². The van der Waals surface area contributed by atoms with E-state index in [1.165, 1.54) is 0 Å². The van der Waals surface area contributed by atoms with Gasteiger partial charge in [0.05, 0.1) is 0 Å². The molecular formula is C19H14O5. The van der Waals surface area contributed by atoms with Gasteiger partial charge in [0, 0.05) is 28.7 Å². The smallest absolute Gasteiger partial charge is 0.336 e. The summed E-state index contributed by atoms with van der Waals surface area (Å²) >= 11 is 0. The number of hydrogen-bond acceptors (Lipinski definition) is 4. The van der Waals surface area contributed by atoms with Crippen LogP contribution < -0.4 is 0 Å². The zero-order chi connectivity index (χ0) is 17.1. The number of carboxylic acids is 1. The lowest BCUT2D eigenvalue weighted by Gasteiger charge is -2.31. The molecule has 2 N–H and O–H groups in total. The highest BCUT2D eigenvalue weighted by Gasteiger charge is 2.40. The second kappa shape index (κ2) is 4.85. The van der Waals surface area contributed by atoms with Gasteiger partial charge in [0.2, 0.25) is 0 Å². The molecule has 0 heterocycles. The maximum Gasteiger partial charge on any atom is 0.336 e. The Balaban J connectivity index is 1.87.